The molecule has 0 spiro atoms. The van der Waals surface area contributed by atoms with E-state index in [0.717, 1.165) is 10.1 Å². The van der Waals surface area contributed by atoms with Gasteiger partial charge in [-0.25, -0.2) is 13.4 Å². The number of sulfonamides is 1. The molecule has 0 saturated heterocycles. The van der Waals surface area contributed by atoms with E-state index in [1.54, 1.807) is 37.3 Å². The predicted molar refractivity (Wildman–Crippen MR) is 136 cm³/mol. The summed E-state index contributed by atoms with van der Waals surface area (Å²) in [6, 6.07) is 14.9. The molecule has 4 aromatic rings. The Hall–Kier alpha value is -3.58. The van der Waals surface area contributed by atoms with Crippen LogP contribution in [0.15, 0.2) is 70.0 Å². The number of methoxy groups -OCH3 is 1. The van der Waals surface area contributed by atoms with Crippen molar-refractivity contribution in [3.63, 3.8) is 0 Å². The summed E-state index contributed by atoms with van der Waals surface area (Å²) >= 11 is 3.30. The van der Waals surface area contributed by atoms with Crippen LogP contribution in [0.2, 0.25) is 0 Å². The zero-order valence-electron chi connectivity index (χ0n) is 19.4. The number of fused-ring (bicyclic) bond motifs is 1. The van der Waals surface area contributed by atoms with Crippen molar-refractivity contribution in [2.24, 2.45) is 0 Å². The number of aromatic nitrogens is 2. The molecule has 0 fully saturated rings. The first-order chi connectivity index (χ1) is 17.4. The molecule has 0 unspecified atom stereocenters. The van der Waals surface area contributed by atoms with E-state index in [-0.39, 0.29) is 27.4 Å². The number of amides is 1. The number of halogens is 4. The number of rotatable bonds is 7. The van der Waals surface area contributed by atoms with Gasteiger partial charge in [0.05, 0.1) is 23.8 Å². The van der Waals surface area contributed by atoms with E-state index in [2.05, 4.69) is 31.0 Å². The Balaban J connectivity index is 1.63. The van der Waals surface area contributed by atoms with Crippen LogP contribution < -0.4 is 14.8 Å². The monoisotopic (exact) mass is 596 g/mol. The maximum absolute atomic E-state index is 13.6. The number of hydrogen-bond donors (Lipinski definition) is 2. The molecule has 0 saturated carbocycles. The quantitative estimate of drug-likeness (QED) is 0.290. The Kier molecular flexibility index (Phi) is 7.20. The lowest BCUT2D eigenvalue weighted by atomic mass is 10.2. The summed E-state index contributed by atoms with van der Waals surface area (Å²) in [5, 5.41) is 2.46. The van der Waals surface area contributed by atoms with Crippen LogP contribution in [0.1, 0.15) is 11.4 Å². The third-order valence-electron chi connectivity index (χ3n) is 5.31. The lowest BCUT2D eigenvalue weighted by molar-refractivity contribution is -0.147. The van der Waals surface area contributed by atoms with Gasteiger partial charge in [0.25, 0.3) is 10.0 Å². The zero-order valence-corrected chi connectivity index (χ0v) is 21.8. The minimum Gasteiger partial charge on any atom is -0.495 e. The number of imidazole rings is 1. The van der Waals surface area contributed by atoms with Gasteiger partial charge < -0.3 is 14.6 Å². The summed E-state index contributed by atoms with van der Waals surface area (Å²) in [5.74, 6) is -2.01. The molecule has 0 aliphatic carbocycles. The topological polar surface area (TPSA) is 102 Å². The van der Waals surface area contributed by atoms with Crippen molar-refractivity contribution in [3.05, 3.63) is 76.5 Å². The molecule has 0 bridgehead atoms. The average molecular weight is 597 g/mol. The number of anilines is 2. The molecule has 4 rings (SSSR count). The highest BCUT2D eigenvalue weighted by atomic mass is 79.9. The van der Waals surface area contributed by atoms with Gasteiger partial charge in [-0.2, -0.15) is 13.2 Å². The molecule has 1 aromatic heterocycles. The Bertz CT molecular complexity index is 1600. The number of benzene rings is 3. The normalized spacial score (nSPS) is 11.9. The van der Waals surface area contributed by atoms with Gasteiger partial charge in [-0.05, 0) is 70.9 Å². The van der Waals surface area contributed by atoms with Crippen LogP contribution in [-0.4, -0.2) is 31.0 Å². The third-order valence-corrected chi connectivity index (χ3v) is 7.39. The van der Waals surface area contributed by atoms with Gasteiger partial charge in [-0.15, -0.1) is 0 Å². The Morgan fingerprint density at radius 3 is 2.54 bits per heavy atom. The van der Waals surface area contributed by atoms with E-state index in [1.807, 2.05) is 0 Å². The molecule has 8 nitrogen and oxygen atoms in total. The number of nitrogens with zero attached hydrogens (tertiary/aromatic N) is 2. The van der Waals surface area contributed by atoms with Crippen LogP contribution in [0.3, 0.4) is 0 Å². The Morgan fingerprint density at radius 1 is 1.11 bits per heavy atom. The van der Waals surface area contributed by atoms with Crippen molar-refractivity contribution in [3.8, 4) is 5.75 Å². The van der Waals surface area contributed by atoms with E-state index in [4.69, 9.17) is 4.74 Å². The first-order valence-electron chi connectivity index (χ1n) is 10.7. The van der Waals surface area contributed by atoms with E-state index in [0.29, 0.717) is 10.2 Å². The lowest BCUT2D eigenvalue weighted by Crippen LogP contribution is -2.23. The van der Waals surface area contributed by atoms with Crippen LogP contribution in [-0.2, 0) is 27.5 Å². The van der Waals surface area contributed by atoms with Gasteiger partial charge in [0.1, 0.15) is 17.2 Å². The second-order valence-corrected chi connectivity index (χ2v) is 10.5. The fourth-order valence-electron chi connectivity index (χ4n) is 3.68. The molecule has 1 heterocycles. The molecular weight excluding hydrogens is 577 g/mol. The second-order valence-electron chi connectivity index (χ2n) is 8.01. The maximum Gasteiger partial charge on any atom is 0.449 e. The van der Waals surface area contributed by atoms with Crippen LogP contribution in [0, 0.1) is 6.92 Å². The van der Waals surface area contributed by atoms with Crippen molar-refractivity contribution in [1.82, 2.24) is 9.55 Å². The number of carbonyl (C=O) groups is 1. The first-order valence-corrected chi connectivity index (χ1v) is 13.0. The van der Waals surface area contributed by atoms with Crippen LogP contribution in [0.4, 0.5) is 24.5 Å². The minimum atomic E-state index is -4.78. The summed E-state index contributed by atoms with van der Waals surface area (Å²) in [6.45, 7) is 1.10. The van der Waals surface area contributed by atoms with Gasteiger partial charge in [-0.3, -0.25) is 9.52 Å². The first kappa shape index (κ1) is 26.5. The van der Waals surface area contributed by atoms with Gasteiger partial charge in [0.15, 0.2) is 0 Å². The minimum absolute atomic E-state index is 0.00855. The van der Waals surface area contributed by atoms with Crippen LogP contribution >= 0.6 is 15.9 Å². The van der Waals surface area contributed by atoms with Crippen LogP contribution in [0.25, 0.3) is 11.0 Å². The molecule has 0 aliphatic rings. The fraction of sp³-hybridized carbons (Fsp3) is 0.167. The van der Waals surface area contributed by atoms with Crippen LogP contribution in [0.5, 0.6) is 5.75 Å². The third kappa shape index (κ3) is 5.72. The predicted octanol–water partition coefficient (Wildman–Crippen LogP) is 5.57. The standard InChI is InChI=1S/C24H20BrF3N4O4S/c1-14-7-9-16(25)18(11-14)31-37(34,35)21-12-15(8-10-20(21)36-2)29-22(33)13-32-19-6-4-3-5-17(19)30-23(32)24(26,27)28/h3-12,31H,13H2,1-2H3,(H,29,33). The highest BCUT2D eigenvalue weighted by Crippen LogP contribution is 2.33. The summed E-state index contributed by atoms with van der Waals surface area (Å²) in [6.07, 6.45) is -4.78. The number of aryl methyl sites for hydroxylation is 1. The summed E-state index contributed by atoms with van der Waals surface area (Å²) in [4.78, 5) is 16.1. The summed E-state index contributed by atoms with van der Waals surface area (Å²) in [7, 11) is -2.89. The second kappa shape index (κ2) is 10.1. The largest absolute Gasteiger partial charge is 0.495 e. The number of carbonyl (C=O) groups excluding carboxylic acids is 1. The molecule has 1 amide bonds. The fourth-order valence-corrected chi connectivity index (χ4v) is 5.42. The lowest BCUT2D eigenvalue weighted by Gasteiger charge is -2.15. The van der Waals surface area contributed by atoms with Gasteiger partial charge in [0, 0.05) is 10.2 Å². The van der Waals surface area contributed by atoms with Crippen molar-refractivity contribution < 1.29 is 31.1 Å². The Morgan fingerprint density at radius 2 is 1.84 bits per heavy atom. The highest BCUT2D eigenvalue weighted by molar-refractivity contribution is 9.10. The van der Waals surface area contributed by atoms with Gasteiger partial charge >= 0.3 is 6.18 Å². The van der Waals surface area contributed by atoms with E-state index < -0.39 is 34.5 Å². The van der Waals surface area contributed by atoms with Crippen molar-refractivity contribution in [2.75, 3.05) is 17.1 Å². The van der Waals surface area contributed by atoms with Crippen molar-refractivity contribution in [1.29, 1.82) is 0 Å². The van der Waals surface area contributed by atoms with Crippen molar-refractivity contribution in [2.45, 2.75) is 24.5 Å². The highest BCUT2D eigenvalue weighted by Gasteiger charge is 2.38. The molecule has 3 aromatic carbocycles. The summed E-state index contributed by atoms with van der Waals surface area (Å²) < 4.78 is 76.0. The van der Waals surface area contributed by atoms with E-state index in [9.17, 15) is 26.4 Å². The maximum atomic E-state index is 13.6. The number of alkyl halides is 3. The Labute approximate surface area is 218 Å². The van der Waals surface area contributed by atoms with Gasteiger partial charge in [0.2, 0.25) is 11.7 Å². The molecule has 194 valence electrons. The zero-order chi connectivity index (χ0) is 27.0. The molecule has 0 radical (unpaired) electrons. The van der Waals surface area contributed by atoms with E-state index >= 15 is 0 Å². The van der Waals surface area contributed by atoms with E-state index in [1.165, 1.54) is 37.4 Å². The number of nitrogens with one attached hydrogen (secondary N) is 2. The molecule has 13 heteroatoms. The molecule has 0 aliphatic heterocycles. The molecule has 0 atom stereocenters. The molecule has 37 heavy (non-hydrogen) atoms. The molecule has 2 N–H and O–H groups in total. The summed E-state index contributed by atoms with van der Waals surface area (Å²) in [5.41, 5.74) is 1.39. The number of ether oxygens (including phenoxy) is 1. The van der Waals surface area contributed by atoms with Gasteiger partial charge in [-0.1, -0.05) is 18.2 Å². The smallest absolute Gasteiger partial charge is 0.449 e. The number of para-hydroxylation sites is 2. The molecular formula is C24H20BrF3N4O4S. The average Bonchev–Trinajstić information content (AvgIpc) is 3.20. The SMILES string of the molecule is COc1ccc(NC(=O)Cn2c(C(F)(F)F)nc3ccccc32)cc1S(=O)(=O)Nc1cc(C)ccc1Br. The van der Waals surface area contributed by atoms with Crippen molar-refractivity contribution >= 4 is 54.3 Å². The number of hydrogen-bond acceptors (Lipinski definition) is 5.